The molecular weight excluding hydrogens is 242 g/mol. The summed E-state index contributed by atoms with van der Waals surface area (Å²) in [6.07, 6.45) is 11.6. The van der Waals surface area contributed by atoms with Crippen molar-refractivity contribution in [2.24, 2.45) is 29.6 Å². The van der Waals surface area contributed by atoms with Crippen LogP contribution in [0.2, 0.25) is 0 Å². The molecule has 0 saturated heterocycles. The van der Waals surface area contributed by atoms with Gasteiger partial charge in [0.25, 0.3) is 0 Å². The summed E-state index contributed by atoms with van der Waals surface area (Å²) in [6, 6.07) is 0.813. The first-order chi connectivity index (χ1) is 9.61. The minimum Gasteiger partial charge on any atom is -0.313 e. The van der Waals surface area contributed by atoms with Crippen LogP contribution >= 0.6 is 0 Å². The molecule has 0 amide bonds. The van der Waals surface area contributed by atoms with Gasteiger partial charge in [0.1, 0.15) is 0 Å². The van der Waals surface area contributed by atoms with Crippen LogP contribution in [-0.4, -0.2) is 12.6 Å². The summed E-state index contributed by atoms with van der Waals surface area (Å²) in [5.41, 5.74) is 0. The normalized spacial score (nSPS) is 40.5. The van der Waals surface area contributed by atoms with E-state index >= 15 is 0 Å². The highest BCUT2D eigenvalue weighted by Crippen LogP contribution is 2.40. The molecule has 1 heteroatoms. The van der Waals surface area contributed by atoms with Gasteiger partial charge in [-0.05, 0) is 68.2 Å². The van der Waals surface area contributed by atoms with Crippen molar-refractivity contribution < 1.29 is 0 Å². The Kier molecular flexibility index (Phi) is 6.39. The van der Waals surface area contributed by atoms with E-state index in [2.05, 4.69) is 33.0 Å². The van der Waals surface area contributed by atoms with Gasteiger partial charge in [-0.25, -0.2) is 0 Å². The Balaban J connectivity index is 1.98. The zero-order valence-corrected chi connectivity index (χ0v) is 14.3. The van der Waals surface area contributed by atoms with Crippen LogP contribution in [0.4, 0.5) is 0 Å². The molecular formula is C19H37N. The van der Waals surface area contributed by atoms with Gasteiger partial charge in [0.15, 0.2) is 0 Å². The van der Waals surface area contributed by atoms with Crippen molar-refractivity contribution >= 4 is 0 Å². The van der Waals surface area contributed by atoms with Gasteiger partial charge >= 0.3 is 0 Å². The molecule has 2 rings (SSSR count). The highest BCUT2D eigenvalue weighted by atomic mass is 14.9. The highest BCUT2D eigenvalue weighted by Gasteiger charge is 2.35. The van der Waals surface area contributed by atoms with Gasteiger partial charge in [-0.3, -0.25) is 0 Å². The molecule has 1 N–H and O–H groups in total. The summed E-state index contributed by atoms with van der Waals surface area (Å²) in [4.78, 5) is 0. The topological polar surface area (TPSA) is 12.0 Å². The second kappa shape index (κ2) is 7.82. The number of hydrogen-bond donors (Lipinski definition) is 1. The molecule has 0 aromatic heterocycles. The average Bonchev–Trinajstić information content (AvgIpc) is 2.43. The first-order valence-corrected chi connectivity index (χ1v) is 9.35. The molecule has 2 aliphatic carbocycles. The van der Waals surface area contributed by atoms with E-state index in [0.717, 1.165) is 35.6 Å². The minimum absolute atomic E-state index is 0.813. The van der Waals surface area contributed by atoms with E-state index in [4.69, 9.17) is 0 Å². The van der Waals surface area contributed by atoms with Gasteiger partial charge in [0.05, 0.1) is 0 Å². The lowest BCUT2D eigenvalue weighted by Gasteiger charge is -2.42. The molecule has 2 aliphatic rings. The molecule has 0 heterocycles. The fourth-order valence-corrected chi connectivity index (χ4v) is 4.75. The molecule has 118 valence electrons. The van der Waals surface area contributed by atoms with Gasteiger partial charge in [-0.1, -0.05) is 47.0 Å². The quantitative estimate of drug-likeness (QED) is 0.724. The maximum absolute atomic E-state index is 3.96. The zero-order valence-electron chi connectivity index (χ0n) is 14.3. The molecule has 0 aliphatic heterocycles. The minimum atomic E-state index is 0.813. The summed E-state index contributed by atoms with van der Waals surface area (Å²) < 4.78 is 0. The van der Waals surface area contributed by atoms with Crippen LogP contribution in [0.15, 0.2) is 0 Å². The first-order valence-electron chi connectivity index (χ1n) is 9.35. The van der Waals surface area contributed by atoms with E-state index in [-0.39, 0.29) is 0 Å². The Morgan fingerprint density at radius 1 is 0.900 bits per heavy atom. The van der Waals surface area contributed by atoms with Gasteiger partial charge in [0, 0.05) is 6.04 Å². The van der Waals surface area contributed by atoms with E-state index in [9.17, 15) is 0 Å². The Morgan fingerprint density at radius 3 is 2.30 bits per heavy atom. The molecule has 1 nitrogen and oxygen atoms in total. The Morgan fingerprint density at radius 2 is 1.65 bits per heavy atom. The fraction of sp³-hybridized carbons (Fsp3) is 1.00. The van der Waals surface area contributed by atoms with Crippen LogP contribution in [0.1, 0.15) is 79.1 Å². The molecule has 0 aromatic rings. The second-order valence-corrected chi connectivity index (χ2v) is 8.04. The van der Waals surface area contributed by atoms with Gasteiger partial charge in [-0.15, -0.1) is 0 Å². The average molecular weight is 280 g/mol. The van der Waals surface area contributed by atoms with Crippen molar-refractivity contribution in [3.05, 3.63) is 0 Å². The molecule has 2 fully saturated rings. The van der Waals surface area contributed by atoms with Crippen LogP contribution < -0.4 is 5.32 Å². The van der Waals surface area contributed by atoms with Crippen molar-refractivity contribution in [1.29, 1.82) is 0 Å². The second-order valence-electron chi connectivity index (χ2n) is 8.04. The summed E-state index contributed by atoms with van der Waals surface area (Å²) in [5.74, 6) is 4.74. The van der Waals surface area contributed by atoms with Gasteiger partial charge in [-0.2, -0.15) is 0 Å². The van der Waals surface area contributed by atoms with E-state index in [1.165, 1.54) is 57.9 Å². The molecule has 6 unspecified atom stereocenters. The molecule has 0 bridgehead atoms. The molecule has 0 radical (unpaired) electrons. The number of hydrogen-bond acceptors (Lipinski definition) is 1. The molecule has 0 aromatic carbocycles. The maximum atomic E-state index is 3.96. The van der Waals surface area contributed by atoms with Crippen LogP contribution in [0.25, 0.3) is 0 Å². The third-order valence-electron chi connectivity index (χ3n) is 6.26. The third-order valence-corrected chi connectivity index (χ3v) is 6.26. The lowest BCUT2D eigenvalue weighted by atomic mass is 9.67. The summed E-state index contributed by atoms with van der Waals surface area (Å²) >= 11 is 0. The predicted octanol–water partition coefficient (Wildman–Crippen LogP) is 5.25. The van der Waals surface area contributed by atoms with Crippen molar-refractivity contribution in [2.45, 2.75) is 85.1 Å². The fourth-order valence-electron chi connectivity index (χ4n) is 4.75. The number of nitrogens with one attached hydrogen (secondary N) is 1. The van der Waals surface area contributed by atoms with Crippen molar-refractivity contribution in [3.8, 4) is 0 Å². The maximum Gasteiger partial charge on any atom is 0.0124 e. The van der Waals surface area contributed by atoms with Crippen LogP contribution in [0, 0.1) is 29.6 Å². The number of rotatable bonds is 5. The van der Waals surface area contributed by atoms with Crippen molar-refractivity contribution in [2.75, 3.05) is 6.54 Å². The van der Waals surface area contributed by atoms with Crippen LogP contribution in [0.5, 0.6) is 0 Å². The standard InChI is InChI=1S/C19H37N/c1-5-11-20-19(17-8-6-7-14(2)12-17)18-10-9-15(3)16(4)13-18/h14-20H,5-13H2,1-4H3. The van der Waals surface area contributed by atoms with E-state index < -0.39 is 0 Å². The molecule has 0 spiro atoms. The lowest BCUT2D eigenvalue weighted by Crippen LogP contribution is -2.46. The van der Waals surface area contributed by atoms with E-state index in [1.807, 2.05) is 0 Å². The summed E-state index contributed by atoms with van der Waals surface area (Å²) in [5, 5.41) is 3.96. The molecule has 6 atom stereocenters. The first kappa shape index (κ1) is 16.3. The Bertz CT molecular complexity index is 275. The zero-order chi connectivity index (χ0) is 14.5. The van der Waals surface area contributed by atoms with Crippen molar-refractivity contribution in [3.63, 3.8) is 0 Å². The largest absolute Gasteiger partial charge is 0.313 e. The summed E-state index contributed by atoms with van der Waals surface area (Å²) in [6.45, 7) is 10.9. The van der Waals surface area contributed by atoms with Crippen LogP contribution in [0.3, 0.4) is 0 Å². The Hall–Kier alpha value is -0.0400. The smallest absolute Gasteiger partial charge is 0.0124 e. The van der Waals surface area contributed by atoms with Crippen LogP contribution in [-0.2, 0) is 0 Å². The SMILES string of the molecule is CCCNC(C1CCCC(C)C1)C1CCC(C)C(C)C1. The lowest BCUT2D eigenvalue weighted by molar-refractivity contribution is 0.113. The van der Waals surface area contributed by atoms with Gasteiger partial charge in [0.2, 0.25) is 0 Å². The Labute approximate surface area is 127 Å². The molecule has 2 saturated carbocycles. The predicted molar refractivity (Wildman–Crippen MR) is 88.9 cm³/mol. The highest BCUT2D eigenvalue weighted by molar-refractivity contribution is 4.90. The van der Waals surface area contributed by atoms with E-state index in [1.54, 1.807) is 0 Å². The molecule has 20 heavy (non-hydrogen) atoms. The third kappa shape index (κ3) is 4.23. The van der Waals surface area contributed by atoms with Gasteiger partial charge < -0.3 is 5.32 Å². The monoisotopic (exact) mass is 279 g/mol. The van der Waals surface area contributed by atoms with E-state index in [0.29, 0.717) is 0 Å². The van der Waals surface area contributed by atoms with Crippen molar-refractivity contribution in [1.82, 2.24) is 5.32 Å². The summed E-state index contributed by atoms with van der Waals surface area (Å²) in [7, 11) is 0.